The third-order valence-corrected chi connectivity index (χ3v) is 5.97. The van der Waals surface area contributed by atoms with E-state index in [1.807, 2.05) is 0 Å². The molecule has 0 saturated carbocycles. The number of hydrogen-bond acceptors (Lipinski definition) is 5. The summed E-state index contributed by atoms with van der Waals surface area (Å²) in [5, 5.41) is 3.29. The minimum atomic E-state index is -3.54. The summed E-state index contributed by atoms with van der Waals surface area (Å²) in [6.07, 6.45) is 1.32. The topological polar surface area (TPSA) is 72.8 Å². The van der Waals surface area contributed by atoms with Crippen molar-refractivity contribution in [2.45, 2.75) is 23.8 Å². The Bertz CT molecular complexity index is 785. The zero-order valence-electron chi connectivity index (χ0n) is 12.4. The second-order valence-electron chi connectivity index (χ2n) is 5.41. The summed E-state index contributed by atoms with van der Waals surface area (Å²) in [6, 6.07) is 2.73. The smallest absolute Gasteiger partial charge is 0.252 e. The maximum Gasteiger partial charge on any atom is 0.252 e. The Morgan fingerprint density at radius 1 is 1.35 bits per heavy atom. The van der Waals surface area contributed by atoms with Crippen LogP contribution in [0.1, 0.15) is 27.9 Å². The first-order valence-corrected chi connectivity index (χ1v) is 9.90. The summed E-state index contributed by atoms with van der Waals surface area (Å²) in [5.74, 6) is 0.204. The van der Waals surface area contributed by atoms with E-state index in [9.17, 15) is 13.2 Å². The Hall–Kier alpha value is -0.820. The SMILES string of the molecule is Cc1c(C(=O)Cl)ccc(S(C)(=O)=O)c1C1=NOC(CCl)(CCl)C1. The lowest BCUT2D eigenvalue weighted by molar-refractivity contribution is 0.0181. The summed E-state index contributed by atoms with van der Waals surface area (Å²) in [4.78, 5) is 16.9. The van der Waals surface area contributed by atoms with E-state index in [-0.39, 0.29) is 28.6 Å². The molecular weight excluding hydrogens is 385 g/mol. The number of carbonyl (C=O) groups excluding carboxylic acids is 1. The highest BCUT2D eigenvalue weighted by molar-refractivity contribution is 7.90. The van der Waals surface area contributed by atoms with Gasteiger partial charge in [0.2, 0.25) is 0 Å². The molecule has 0 fully saturated rings. The normalized spacial score (nSPS) is 16.8. The van der Waals surface area contributed by atoms with Crippen molar-refractivity contribution < 1.29 is 18.0 Å². The molecule has 23 heavy (non-hydrogen) atoms. The number of alkyl halides is 2. The molecule has 1 aliphatic heterocycles. The highest BCUT2D eigenvalue weighted by atomic mass is 35.5. The Morgan fingerprint density at radius 2 is 1.96 bits per heavy atom. The molecule has 0 aliphatic carbocycles. The molecule has 9 heteroatoms. The van der Waals surface area contributed by atoms with Gasteiger partial charge in [-0.2, -0.15) is 0 Å². The first-order chi connectivity index (χ1) is 10.6. The van der Waals surface area contributed by atoms with Crippen LogP contribution < -0.4 is 0 Å². The first-order valence-electron chi connectivity index (χ1n) is 6.56. The molecule has 2 rings (SSSR count). The van der Waals surface area contributed by atoms with Crippen LogP contribution in [-0.4, -0.2) is 43.0 Å². The summed E-state index contributed by atoms with van der Waals surface area (Å²) >= 11 is 17.3. The van der Waals surface area contributed by atoms with Crippen molar-refractivity contribution in [2.75, 3.05) is 18.0 Å². The van der Waals surface area contributed by atoms with Gasteiger partial charge < -0.3 is 4.84 Å². The second-order valence-corrected chi connectivity index (χ2v) is 8.28. The van der Waals surface area contributed by atoms with Crippen LogP contribution in [0, 0.1) is 6.92 Å². The molecule has 0 N–H and O–H groups in total. The van der Waals surface area contributed by atoms with Gasteiger partial charge in [-0.15, -0.1) is 23.2 Å². The Balaban J connectivity index is 2.66. The van der Waals surface area contributed by atoms with Gasteiger partial charge in [0.15, 0.2) is 15.4 Å². The van der Waals surface area contributed by atoms with Gasteiger partial charge in [0.25, 0.3) is 5.24 Å². The third-order valence-electron chi connectivity index (χ3n) is 3.65. The van der Waals surface area contributed by atoms with E-state index in [4.69, 9.17) is 39.6 Å². The predicted octanol–water partition coefficient (Wildman–Crippen LogP) is 3.12. The van der Waals surface area contributed by atoms with Crippen molar-refractivity contribution in [1.29, 1.82) is 0 Å². The van der Waals surface area contributed by atoms with E-state index in [1.54, 1.807) is 6.92 Å². The van der Waals surface area contributed by atoms with Crippen molar-refractivity contribution in [3.8, 4) is 0 Å². The van der Waals surface area contributed by atoms with Crippen molar-refractivity contribution in [2.24, 2.45) is 5.16 Å². The fraction of sp³-hybridized carbons (Fsp3) is 0.429. The minimum Gasteiger partial charge on any atom is -0.386 e. The molecule has 0 spiro atoms. The summed E-state index contributed by atoms with van der Waals surface area (Å²) in [6.45, 7) is 1.61. The van der Waals surface area contributed by atoms with E-state index in [0.717, 1.165) is 6.26 Å². The zero-order valence-corrected chi connectivity index (χ0v) is 15.5. The largest absolute Gasteiger partial charge is 0.386 e. The Labute approximate surface area is 149 Å². The fourth-order valence-corrected chi connectivity index (χ4v) is 4.14. The van der Waals surface area contributed by atoms with Crippen LogP contribution in [0.25, 0.3) is 0 Å². The van der Waals surface area contributed by atoms with Gasteiger partial charge in [0.1, 0.15) is 0 Å². The number of oxime groups is 1. The number of rotatable bonds is 5. The highest BCUT2D eigenvalue weighted by Gasteiger charge is 2.40. The third kappa shape index (κ3) is 3.50. The van der Waals surface area contributed by atoms with Crippen molar-refractivity contribution in [3.63, 3.8) is 0 Å². The molecule has 1 aromatic carbocycles. The van der Waals surface area contributed by atoms with Crippen molar-refractivity contribution in [1.82, 2.24) is 0 Å². The summed E-state index contributed by atoms with van der Waals surface area (Å²) < 4.78 is 24.2. The monoisotopic (exact) mass is 397 g/mol. The molecule has 0 amide bonds. The Kier molecular flexibility index (Phi) is 5.31. The lowest BCUT2D eigenvalue weighted by atomic mass is 9.93. The van der Waals surface area contributed by atoms with E-state index in [1.165, 1.54) is 12.1 Å². The molecule has 126 valence electrons. The standard InChI is InChI=1S/C14H14Cl3NO4S/c1-8-9(13(17)19)3-4-11(23(2,20)21)12(8)10-5-14(6-15,7-16)22-18-10/h3-4H,5-7H2,1-2H3. The van der Waals surface area contributed by atoms with E-state index >= 15 is 0 Å². The van der Waals surface area contributed by atoms with Crippen LogP contribution in [-0.2, 0) is 14.7 Å². The zero-order chi connectivity index (χ0) is 17.4. The van der Waals surface area contributed by atoms with Gasteiger partial charge in [-0.1, -0.05) is 5.16 Å². The Morgan fingerprint density at radius 3 is 2.39 bits per heavy atom. The van der Waals surface area contributed by atoms with Crippen LogP contribution in [0.3, 0.4) is 0 Å². The average molecular weight is 399 g/mol. The first kappa shape index (κ1) is 18.5. The van der Waals surface area contributed by atoms with Crippen molar-refractivity contribution in [3.05, 3.63) is 28.8 Å². The van der Waals surface area contributed by atoms with E-state index < -0.39 is 20.7 Å². The van der Waals surface area contributed by atoms with Gasteiger partial charge in [0, 0.05) is 23.8 Å². The second kappa shape index (κ2) is 6.59. The summed E-state index contributed by atoms with van der Waals surface area (Å²) in [7, 11) is -3.54. The fourth-order valence-electron chi connectivity index (χ4n) is 2.40. The molecule has 0 radical (unpaired) electrons. The van der Waals surface area contributed by atoms with Gasteiger partial charge in [-0.25, -0.2) is 8.42 Å². The predicted molar refractivity (Wildman–Crippen MR) is 90.9 cm³/mol. The molecule has 0 atom stereocenters. The minimum absolute atomic E-state index is 0.0546. The van der Waals surface area contributed by atoms with Gasteiger partial charge >= 0.3 is 0 Å². The van der Waals surface area contributed by atoms with Crippen LogP contribution in [0.4, 0.5) is 0 Å². The number of carbonyl (C=O) groups is 1. The molecule has 0 bridgehead atoms. The maximum absolute atomic E-state index is 12.1. The number of halogens is 3. The maximum atomic E-state index is 12.1. The lowest BCUT2D eigenvalue weighted by Crippen LogP contribution is -2.33. The molecule has 1 heterocycles. The number of nitrogens with zero attached hydrogens (tertiary/aromatic N) is 1. The van der Waals surface area contributed by atoms with Crippen LogP contribution in [0.5, 0.6) is 0 Å². The van der Waals surface area contributed by atoms with Gasteiger partial charge in [-0.3, -0.25) is 4.79 Å². The molecule has 1 aromatic rings. The van der Waals surface area contributed by atoms with Gasteiger partial charge in [-0.05, 0) is 36.2 Å². The number of hydrogen-bond donors (Lipinski definition) is 0. The highest BCUT2D eigenvalue weighted by Crippen LogP contribution is 2.34. The molecule has 0 aromatic heterocycles. The quantitative estimate of drug-likeness (QED) is 0.564. The van der Waals surface area contributed by atoms with E-state index in [0.29, 0.717) is 16.8 Å². The van der Waals surface area contributed by atoms with Crippen LogP contribution in [0.2, 0.25) is 0 Å². The molecule has 0 saturated heterocycles. The van der Waals surface area contributed by atoms with Crippen LogP contribution in [0.15, 0.2) is 22.2 Å². The molecule has 0 unspecified atom stereocenters. The van der Waals surface area contributed by atoms with Crippen LogP contribution >= 0.6 is 34.8 Å². The lowest BCUT2D eigenvalue weighted by Gasteiger charge is -2.20. The van der Waals surface area contributed by atoms with Crippen molar-refractivity contribution >= 4 is 55.6 Å². The van der Waals surface area contributed by atoms with Gasteiger partial charge in [0.05, 0.1) is 22.4 Å². The average Bonchev–Trinajstić information content (AvgIpc) is 2.90. The van der Waals surface area contributed by atoms with E-state index in [2.05, 4.69) is 5.16 Å². The summed E-state index contributed by atoms with van der Waals surface area (Å²) in [5.41, 5.74) is 0.446. The molecule has 1 aliphatic rings. The molecular formula is C14H14Cl3NO4S. The molecule has 5 nitrogen and oxygen atoms in total. The number of sulfone groups is 1. The number of benzene rings is 1.